The number of nitrogens with one attached hydrogen (secondary N) is 1. The summed E-state index contributed by atoms with van der Waals surface area (Å²) in [6, 6.07) is 18.4. The fraction of sp³-hybridized carbons (Fsp3) is 0.238. The van der Waals surface area contributed by atoms with Gasteiger partial charge >= 0.3 is 0 Å². The Kier molecular flexibility index (Phi) is 5.30. The molecular formula is C21H23NO3S. The zero-order valence-corrected chi connectivity index (χ0v) is 16.0. The highest BCUT2D eigenvalue weighted by atomic mass is 32.2. The summed E-state index contributed by atoms with van der Waals surface area (Å²) in [7, 11) is -1.99. The van der Waals surface area contributed by atoms with E-state index in [1.54, 1.807) is 19.2 Å². The van der Waals surface area contributed by atoms with Crippen molar-refractivity contribution >= 4 is 20.8 Å². The highest BCUT2D eigenvalue weighted by Crippen LogP contribution is 2.26. The van der Waals surface area contributed by atoms with Crippen molar-refractivity contribution in [3.8, 4) is 5.75 Å². The number of ether oxygens (including phenoxy) is 1. The molecule has 0 aromatic heterocycles. The van der Waals surface area contributed by atoms with Gasteiger partial charge in [-0.3, -0.25) is 0 Å². The van der Waals surface area contributed by atoms with Crippen LogP contribution in [0, 0.1) is 6.92 Å². The molecule has 0 saturated carbocycles. The van der Waals surface area contributed by atoms with Crippen LogP contribution >= 0.6 is 0 Å². The van der Waals surface area contributed by atoms with Gasteiger partial charge < -0.3 is 4.74 Å². The molecular weight excluding hydrogens is 346 g/mol. The van der Waals surface area contributed by atoms with Crippen LogP contribution in [0.15, 0.2) is 65.6 Å². The monoisotopic (exact) mass is 369 g/mol. The van der Waals surface area contributed by atoms with E-state index in [9.17, 15) is 8.42 Å². The Morgan fingerprint density at radius 3 is 2.38 bits per heavy atom. The Morgan fingerprint density at radius 2 is 1.73 bits per heavy atom. The molecule has 0 spiro atoms. The second-order valence-electron chi connectivity index (χ2n) is 6.32. The largest absolute Gasteiger partial charge is 0.496 e. The fourth-order valence-corrected chi connectivity index (χ4v) is 4.44. The third kappa shape index (κ3) is 3.74. The van der Waals surface area contributed by atoms with Gasteiger partial charge in [-0.25, -0.2) is 13.1 Å². The number of aryl methyl sites for hydroxylation is 1. The van der Waals surface area contributed by atoms with E-state index < -0.39 is 10.0 Å². The summed E-state index contributed by atoms with van der Waals surface area (Å²) in [4.78, 5) is 0.278. The van der Waals surface area contributed by atoms with Gasteiger partial charge in [0.25, 0.3) is 0 Å². The Hall–Kier alpha value is -2.37. The van der Waals surface area contributed by atoms with Gasteiger partial charge in [-0.05, 0) is 53.4 Å². The van der Waals surface area contributed by atoms with Gasteiger partial charge in [0.2, 0.25) is 10.0 Å². The second-order valence-corrected chi connectivity index (χ2v) is 8.03. The number of benzene rings is 3. The molecule has 0 unspecified atom stereocenters. The van der Waals surface area contributed by atoms with Crippen LogP contribution in [0.25, 0.3) is 10.8 Å². The average Bonchev–Trinajstić information content (AvgIpc) is 2.65. The van der Waals surface area contributed by atoms with Gasteiger partial charge in [0.1, 0.15) is 5.75 Å². The number of rotatable bonds is 6. The topological polar surface area (TPSA) is 55.4 Å². The van der Waals surface area contributed by atoms with E-state index in [1.807, 2.05) is 62.4 Å². The summed E-state index contributed by atoms with van der Waals surface area (Å²) in [6.45, 7) is 3.92. The quantitative estimate of drug-likeness (QED) is 0.691. The molecule has 4 nitrogen and oxygen atoms in total. The first-order valence-electron chi connectivity index (χ1n) is 8.60. The van der Waals surface area contributed by atoms with Crippen LogP contribution in [-0.2, 0) is 10.0 Å². The van der Waals surface area contributed by atoms with Gasteiger partial charge in [-0.1, -0.05) is 49.4 Å². The molecule has 0 saturated heterocycles. The van der Waals surface area contributed by atoms with Crippen LogP contribution < -0.4 is 9.46 Å². The Labute approximate surface area is 154 Å². The third-order valence-corrected chi connectivity index (χ3v) is 6.03. The molecule has 26 heavy (non-hydrogen) atoms. The molecule has 0 aliphatic carbocycles. The van der Waals surface area contributed by atoms with Crippen LogP contribution in [0.4, 0.5) is 0 Å². The summed E-state index contributed by atoms with van der Waals surface area (Å²) in [6.07, 6.45) is 0.651. The summed E-state index contributed by atoms with van der Waals surface area (Å²) in [5, 5.41) is 1.92. The highest BCUT2D eigenvalue weighted by Gasteiger charge is 2.21. The molecule has 3 rings (SSSR count). The molecule has 136 valence electrons. The van der Waals surface area contributed by atoms with Crippen molar-refractivity contribution in [2.45, 2.75) is 31.2 Å². The second kappa shape index (κ2) is 7.48. The standard InChI is InChI=1S/C21H23NO3S/c1-4-20(18-10-12-21(25-3)15(2)13-18)22-26(23,24)19-11-9-16-7-5-6-8-17(16)14-19/h5-14,20,22H,4H2,1-3H3/t20-/m1/s1. The van der Waals surface area contributed by atoms with Crippen molar-refractivity contribution in [3.05, 3.63) is 71.8 Å². The predicted octanol–water partition coefficient (Wildman–Crippen LogP) is 4.59. The molecule has 3 aromatic rings. The minimum Gasteiger partial charge on any atom is -0.496 e. The first-order chi connectivity index (χ1) is 12.4. The number of methoxy groups -OCH3 is 1. The van der Waals surface area contributed by atoms with Crippen molar-refractivity contribution in [1.82, 2.24) is 4.72 Å². The van der Waals surface area contributed by atoms with Crippen molar-refractivity contribution in [3.63, 3.8) is 0 Å². The fourth-order valence-electron chi connectivity index (χ4n) is 3.10. The van der Waals surface area contributed by atoms with E-state index in [1.165, 1.54) is 0 Å². The normalized spacial score (nSPS) is 12.9. The molecule has 0 radical (unpaired) electrons. The van der Waals surface area contributed by atoms with Crippen LogP contribution in [0.3, 0.4) is 0 Å². The molecule has 3 aromatic carbocycles. The summed E-state index contributed by atoms with van der Waals surface area (Å²) in [5.74, 6) is 0.793. The van der Waals surface area contributed by atoms with E-state index in [0.717, 1.165) is 27.6 Å². The number of sulfonamides is 1. The van der Waals surface area contributed by atoms with E-state index in [2.05, 4.69) is 4.72 Å². The van der Waals surface area contributed by atoms with Crippen LogP contribution in [-0.4, -0.2) is 15.5 Å². The Balaban J connectivity index is 1.91. The number of hydrogen-bond acceptors (Lipinski definition) is 3. The minimum absolute atomic E-state index is 0.278. The lowest BCUT2D eigenvalue weighted by Gasteiger charge is -2.19. The van der Waals surface area contributed by atoms with Crippen LogP contribution in [0.1, 0.15) is 30.5 Å². The predicted molar refractivity (Wildman–Crippen MR) is 105 cm³/mol. The first-order valence-corrected chi connectivity index (χ1v) is 10.1. The van der Waals surface area contributed by atoms with Gasteiger partial charge in [-0.15, -0.1) is 0 Å². The van der Waals surface area contributed by atoms with Crippen molar-refractivity contribution < 1.29 is 13.2 Å². The van der Waals surface area contributed by atoms with Gasteiger partial charge in [-0.2, -0.15) is 0 Å². The van der Waals surface area contributed by atoms with Crippen LogP contribution in [0.2, 0.25) is 0 Å². The number of fused-ring (bicyclic) bond motifs is 1. The zero-order chi connectivity index (χ0) is 18.7. The molecule has 0 aliphatic rings. The van der Waals surface area contributed by atoms with Gasteiger partial charge in [0, 0.05) is 6.04 Å². The Bertz CT molecular complexity index is 1030. The lowest BCUT2D eigenvalue weighted by atomic mass is 10.0. The molecule has 0 heterocycles. The molecule has 5 heteroatoms. The lowest BCUT2D eigenvalue weighted by molar-refractivity contribution is 0.411. The Morgan fingerprint density at radius 1 is 1.00 bits per heavy atom. The summed E-state index contributed by atoms with van der Waals surface area (Å²) >= 11 is 0. The zero-order valence-electron chi connectivity index (χ0n) is 15.2. The molecule has 0 fully saturated rings. The molecule has 1 atom stereocenters. The van der Waals surface area contributed by atoms with Crippen molar-refractivity contribution in [1.29, 1.82) is 0 Å². The van der Waals surface area contributed by atoms with Crippen molar-refractivity contribution in [2.24, 2.45) is 0 Å². The maximum atomic E-state index is 12.9. The summed E-state index contributed by atoms with van der Waals surface area (Å²) in [5.41, 5.74) is 1.91. The average molecular weight is 369 g/mol. The summed E-state index contributed by atoms with van der Waals surface area (Å²) < 4.78 is 33.9. The SMILES string of the molecule is CC[C@@H](NS(=O)(=O)c1ccc2ccccc2c1)c1ccc(OC)c(C)c1. The molecule has 0 bridgehead atoms. The molecule has 1 N–H and O–H groups in total. The first kappa shape index (κ1) is 18.4. The maximum Gasteiger partial charge on any atom is 0.241 e. The van der Waals surface area contributed by atoms with E-state index in [4.69, 9.17) is 4.74 Å². The van der Waals surface area contributed by atoms with E-state index in [0.29, 0.717) is 6.42 Å². The van der Waals surface area contributed by atoms with Crippen molar-refractivity contribution in [2.75, 3.05) is 7.11 Å². The number of hydrogen-bond donors (Lipinski definition) is 1. The van der Waals surface area contributed by atoms with Crippen LogP contribution in [0.5, 0.6) is 5.75 Å². The maximum absolute atomic E-state index is 12.9. The molecule has 0 amide bonds. The van der Waals surface area contributed by atoms with E-state index in [-0.39, 0.29) is 10.9 Å². The van der Waals surface area contributed by atoms with Gasteiger partial charge in [0.05, 0.1) is 12.0 Å². The third-order valence-electron chi connectivity index (χ3n) is 4.56. The minimum atomic E-state index is -3.62. The molecule has 0 aliphatic heterocycles. The highest BCUT2D eigenvalue weighted by molar-refractivity contribution is 7.89. The van der Waals surface area contributed by atoms with Gasteiger partial charge in [0.15, 0.2) is 0 Å². The van der Waals surface area contributed by atoms with E-state index >= 15 is 0 Å². The lowest BCUT2D eigenvalue weighted by Crippen LogP contribution is -2.28. The smallest absolute Gasteiger partial charge is 0.241 e.